The van der Waals surface area contributed by atoms with E-state index >= 15 is 0 Å². The molecular weight excluding hydrogens is 190 g/mol. The molecule has 0 fully saturated rings. The van der Waals surface area contributed by atoms with Crippen LogP contribution in [0.25, 0.3) is 0 Å². The van der Waals surface area contributed by atoms with Gasteiger partial charge in [0.25, 0.3) is 0 Å². The maximum atomic E-state index is 10.8. The molecule has 0 aliphatic rings. The standard InChI is InChI=1S/C8H17NOS2/c1-6(10)7(9)5-11-12-8(2,3)4/h7H,5,9H2,1-4H3/t7-/m0/s1. The van der Waals surface area contributed by atoms with E-state index in [4.69, 9.17) is 5.73 Å². The molecule has 0 bridgehead atoms. The molecule has 2 N–H and O–H groups in total. The fourth-order valence-electron chi connectivity index (χ4n) is 0.401. The molecule has 0 unspecified atom stereocenters. The SMILES string of the molecule is CC(=O)[C@@H](N)CSSC(C)(C)C. The van der Waals surface area contributed by atoms with E-state index in [9.17, 15) is 4.79 Å². The van der Waals surface area contributed by atoms with Gasteiger partial charge in [0.05, 0.1) is 6.04 Å². The summed E-state index contributed by atoms with van der Waals surface area (Å²) in [6.07, 6.45) is 0. The number of hydrogen-bond donors (Lipinski definition) is 1. The monoisotopic (exact) mass is 207 g/mol. The van der Waals surface area contributed by atoms with E-state index in [-0.39, 0.29) is 16.6 Å². The summed E-state index contributed by atoms with van der Waals surface area (Å²) >= 11 is 0. The summed E-state index contributed by atoms with van der Waals surface area (Å²) < 4.78 is 0.237. The number of Topliss-reactive ketones (excluding diaryl/α,β-unsaturated/α-hetero) is 1. The van der Waals surface area contributed by atoms with Crippen LogP contribution in [0.4, 0.5) is 0 Å². The van der Waals surface area contributed by atoms with Crippen LogP contribution in [0.5, 0.6) is 0 Å². The Bertz CT molecular complexity index is 154. The lowest BCUT2D eigenvalue weighted by Gasteiger charge is -2.17. The molecule has 0 aromatic rings. The van der Waals surface area contributed by atoms with Crippen LogP contribution in [-0.4, -0.2) is 22.3 Å². The molecule has 0 saturated carbocycles. The lowest BCUT2D eigenvalue weighted by Crippen LogP contribution is -2.30. The fraction of sp³-hybridized carbons (Fsp3) is 0.875. The zero-order chi connectivity index (χ0) is 9.78. The molecule has 0 aromatic heterocycles. The number of carbonyl (C=O) groups is 1. The van der Waals surface area contributed by atoms with Crippen molar-refractivity contribution in [3.05, 3.63) is 0 Å². The van der Waals surface area contributed by atoms with Crippen molar-refractivity contribution >= 4 is 27.4 Å². The first-order chi connectivity index (χ1) is 5.33. The van der Waals surface area contributed by atoms with Crippen LogP contribution in [0.1, 0.15) is 27.7 Å². The fourth-order valence-corrected chi connectivity index (χ4v) is 2.91. The van der Waals surface area contributed by atoms with Gasteiger partial charge in [-0.05, 0) is 6.92 Å². The minimum atomic E-state index is -0.301. The molecule has 0 radical (unpaired) electrons. The summed E-state index contributed by atoms with van der Waals surface area (Å²) in [6.45, 7) is 7.96. The maximum Gasteiger partial charge on any atom is 0.147 e. The van der Waals surface area contributed by atoms with E-state index < -0.39 is 0 Å². The minimum Gasteiger partial charge on any atom is -0.321 e. The van der Waals surface area contributed by atoms with Crippen LogP contribution < -0.4 is 5.73 Å². The van der Waals surface area contributed by atoms with E-state index in [0.717, 1.165) is 0 Å². The zero-order valence-electron chi connectivity index (χ0n) is 8.09. The van der Waals surface area contributed by atoms with Gasteiger partial charge in [0, 0.05) is 10.5 Å². The molecule has 72 valence electrons. The smallest absolute Gasteiger partial charge is 0.147 e. The summed E-state index contributed by atoms with van der Waals surface area (Å²) in [5, 5.41) is 0. The van der Waals surface area contributed by atoms with Crippen molar-refractivity contribution in [3.8, 4) is 0 Å². The second-order valence-corrected chi connectivity index (χ2v) is 6.86. The highest BCUT2D eigenvalue weighted by Crippen LogP contribution is 2.34. The van der Waals surface area contributed by atoms with Gasteiger partial charge in [-0.2, -0.15) is 0 Å². The Morgan fingerprint density at radius 2 is 2.00 bits per heavy atom. The van der Waals surface area contributed by atoms with Crippen molar-refractivity contribution < 1.29 is 4.79 Å². The average Bonchev–Trinajstić information content (AvgIpc) is 1.84. The molecule has 0 aromatic carbocycles. The summed E-state index contributed by atoms with van der Waals surface area (Å²) in [5.41, 5.74) is 5.56. The molecule has 4 heteroatoms. The van der Waals surface area contributed by atoms with Gasteiger partial charge in [-0.1, -0.05) is 42.4 Å². The van der Waals surface area contributed by atoms with E-state index in [2.05, 4.69) is 20.8 Å². The quantitative estimate of drug-likeness (QED) is 0.717. The number of nitrogens with two attached hydrogens (primary N) is 1. The lowest BCUT2D eigenvalue weighted by atomic mass is 10.3. The van der Waals surface area contributed by atoms with Gasteiger partial charge in [0.1, 0.15) is 5.78 Å². The molecule has 0 amide bonds. The third-order valence-corrected chi connectivity index (χ3v) is 4.45. The van der Waals surface area contributed by atoms with Crippen LogP contribution in [0.2, 0.25) is 0 Å². The Kier molecular flexibility index (Phi) is 5.29. The van der Waals surface area contributed by atoms with Crippen LogP contribution in [0, 0.1) is 0 Å². The van der Waals surface area contributed by atoms with Crippen LogP contribution in [0.15, 0.2) is 0 Å². The third kappa shape index (κ3) is 7.00. The van der Waals surface area contributed by atoms with Gasteiger partial charge in [-0.15, -0.1) is 0 Å². The van der Waals surface area contributed by atoms with Crippen molar-refractivity contribution in [1.29, 1.82) is 0 Å². The first-order valence-corrected chi connectivity index (χ1v) is 6.21. The average molecular weight is 207 g/mol. The number of rotatable bonds is 4. The molecule has 0 heterocycles. The molecule has 0 spiro atoms. The summed E-state index contributed by atoms with van der Waals surface area (Å²) in [6, 6.07) is -0.301. The van der Waals surface area contributed by atoms with Gasteiger partial charge in [-0.25, -0.2) is 0 Å². The molecule has 1 atom stereocenters. The maximum absolute atomic E-state index is 10.8. The van der Waals surface area contributed by atoms with E-state index in [0.29, 0.717) is 5.75 Å². The molecule has 0 saturated heterocycles. The first kappa shape index (κ1) is 12.3. The molecule has 12 heavy (non-hydrogen) atoms. The minimum absolute atomic E-state index is 0.0667. The van der Waals surface area contributed by atoms with Crippen molar-refractivity contribution in [2.75, 3.05) is 5.75 Å². The zero-order valence-corrected chi connectivity index (χ0v) is 9.72. The van der Waals surface area contributed by atoms with Gasteiger partial charge in [0.15, 0.2) is 0 Å². The Labute approximate surface area is 82.4 Å². The van der Waals surface area contributed by atoms with Crippen LogP contribution in [0.3, 0.4) is 0 Å². The first-order valence-electron chi connectivity index (χ1n) is 3.89. The second-order valence-electron chi connectivity index (χ2n) is 3.70. The largest absolute Gasteiger partial charge is 0.321 e. The van der Waals surface area contributed by atoms with Crippen LogP contribution in [-0.2, 0) is 4.79 Å². The summed E-state index contributed by atoms with van der Waals surface area (Å²) in [5.74, 6) is 0.772. The Morgan fingerprint density at radius 3 is 2.33 bits per heavy atom. The lowest BCUT2D eigenvalue weighted by molar-refractivity contribution is -0.117. The van der Waals surface area contributed by atoms with Gasteiger partial charge in [0.2, 0.25) is 0 Å². The third-order valence-electron chi connectivity index (χ3n) is 1.08. The Hall–Kier alpha value is 0.330. The molecule has 0 aliphatic heterocycles. The molecular formula is C8H17NOS2. The van der Waals surface area contributed by atoms with Gasteiger partial charge >= 0.3 is 0 Å². The molecule has 2 nitrogen and oxygen atoms in total. The predicted octanol–water partition coefficient (Wildman–Crippen LogP) is 2.08. The Balaban J connectivity index is 3.51. The van der Waals surface area contributed by atoms with Gasteiger partial charge in [-0.3, -0.25) is 4.79 Å². The topological polar surface area (TPSA) is 43.1 Å². The van der Waals surface area contributed by atoms with Crippen molar-refractivity contribution in [2.24, 2.45) is 5.73 Å². The predicted molar refractivity (Wildman–Crippen MR) is 58.5 cm³/mol. The van der Waals surface area contributed by atoms with Crippen LogP contribution >= 0.6 is 21.6 Å². The molecule has 0 rings (SSSR count). The highest BCUT2D eigenvalue weighted by molar-refractivity contribution is 8.77. The summed E-state index contributed by atoms with van der Waals surface area (Å²) in [7, 11) is 3.43. The highest BCUT2D eigenvalue weighted by Gasteiger charge is 2.13. The number of carbonyl (C=O) groups excluding carboxylic acids is 1. The van der Waals surface area contributed by atoms with Gasteiger partial charge < -0.3 is 5.73 Å². The number of ketones is 1. The van der Waals surface area contributed by atoms with Crippen molar-refractivity contribution in [3.63, 3.8) is 0 Å². The van der Waals surface area contributed by atoms with E-state index in [1.807, 2.05) is 0 Å². The summed E-state index contributed by atoms with van der Waals surface area (Å²) in [4.78, 5) is 10.8. The van der Waals surface area contributed by atoms with Crippen molar-refractivity contribution in [1.82, 2.24) is 0 Å². The normalized spacial score (nSPS) is 14.4. The number of hydrogen-bond acceptors (Lipinski definition) is 4. The Morgan fingerprint density at radius 1 is 1.50 bits per heavy atom. The second kappa shape index (κ2) is 5.14. The van der Waals surface area contributed by atoms with E-state index in [1.165, 1.54) is 6.92 Å². The van der Waals surface area contributed by atoms with E-state index in [1.54, 1.807) is 21.6 Å². The molecule has 0 aliphatic carbocycles. The highest BCUT2D eigenvalue weighted by atomic mass is 33.1. The van der Waals surface area contributed by atoms with Crippen molar-refractivity contribution in [2.45, 2.75) is 38.5 Å².